The Morgan fingerprint density at radius 2 is 1.87 bits per heavy atom. The number of rotatable bonds is 4. The zero-order valence-corrected chi connectivity index (χ0v) is 8.66. The minimum Gasteiger partial charge on any atom is -0.354 e. The number of urea groups is 1. The van der Waals surface area contributed by atoms with Crippen LogP contribution in [0, 0.1) is 5.92 Å². The molecule has 1 saturated carbocycles. The number of amides is 3. The third kappa shape index (κ3) is 4.16. The molecule has 15 heavy (non-hydrogen) atoms. The lowest BCUT2D eigenvalue weighted by Crippen LogP contribution is -2.39. The molecule has 0 aromatic heterocycles. The Balaban J connectivity index is 2.11. The molecule has 0 aliphatic heterocycles. The molecule has 2 unspecified atom stereocenters. The van der Waals surface area contributed by atoms with Gasteiger partial charge in [-0.2, -0.15) is 0 Å². The van der Waals surface area contributed by atoms with E-state index in [0.29, 0.717) is 13.1 Å². The summed E-state index contributed by atoms with van der Waals surface area (Å²) in [4.78, 5) is 21.8. The van der Waals surface area contributed by atoms with Gasteiger partial charge in [-0.3, -0.25) is 4.79 Å². The average Bonchev–Trinajstić information content (AvgIpc) is 2.59. The van der Waals surface area contributed by atoms with Crippen molar-refractivity contribution < 1.29 is 9.59 Å². The summed E-state index contributed by atoms with van der Waals surface area (Å²) in [5.74, 6) is 0.0581. The molecule has 1 aliphatic rings. The number of nitrogens with one attached hydrogen (secondary N) is 2. The van der Waals surface area contributed by atoms with E-state index in [-0.39, 0.29) is 17.9 Å². The summed E-state index contributed by atoms with van der Waals surface area (Å²) in [7, 11) is 0. The van der Waals surface area contributed by atoms with Gasteiger partial charge in [-0.1, -0.05) is 0 Å². The molecule has 0 heterocycles. The lowest BCUT2D eigenvalue weighted by atomic mass is 10.1. The van der Waals surface area contributed by atoms with Crippen LogP contribution in [-0.4, -0.2) is 31.1 Å². The molecule has 1 rings (SSSR count). The Labute approximate surface area is 88.8 Å². The van der Waals surface area contributed by atoms with Gasteiger partial charge >= 0.3 is 6.03 Å². The fourth-order valence-corrected chi connectivity index (χ4v) is 1.77. The largest absolute Gasteiger partial charge is 0.354 e. The summed E-state index contributed by atoms with van der Waals surface area (Å²) in [6.07, 6.45) is 2.53. The minimum absolute atomic E-state index is 0.0224. The maximum Gasteiger partial charge on any atom is 0.312 e. The number of primary amides is 1. The van der Waals surface area contributed by atoms with Crippen LogP contribution in [0.25, 0.3) is 0 Å². The second-order valence-electron chi connectivity index (χ2n) is 3.85. The van der Waals surface area contributed by atoms with Crippen molar-refractivity contribution in [3.8, 4) is 0 Å². The van der Waals surface area contributed by atoms with Gasteiger partial charge in [0.2, 0.25) is 5.91 Å². The summed E-state index contributed by atoms with van der Waals surface area (Å²) < 4.78 is 0. The third-order valence-electron chi connectivity index (χ3n) is 2.57. The molecule has 1 aliphatic carbocycles. The number of hydrogen-bond acceptors (Lipinski definition) is 3. The molecule has 3 amide bonds. The van der Waals surface area contributed by atoms with Gasteiger partial charge in [0.25, 0.3) is 0 Å². The Kier molecular flexibility index (Phi) is 4.36. The highest BCUT2D eigenvalue weighted by Gasteiger charge is 2.27. The van der Waals surface area contributed by atoms with Gasteiger partial charge in [0.05, 0.1) is 0 Å². The molecule has 0 spiro atoms. The number of carbonyl (C=O) groups is 2. The maximum atomic E-state index is 11.5. The Bertz CT molecular complexity index is 244. The van der Waals surface area contributed by atoms with Gasteiger partial charge in [-0.15, -0.1) is 0 Å². The van der Waals surface area contributed by atoms with E-state index in [1.54, 1.807) is 0 Å². The molecule has 0 aromatic rings. The molecule has 2 atom stereocenters. The van der Waals surface area contributed by atoms with E-state index in [1.165, 1.54) is 0 Å². The molecule has 0 bridgehead atoms. The van der Waals surface area contributed by atoms with Crippen molar-refractivity contribution in [1.82, 2.24) is 10.6 Å². The predicted molar refractivity (Wildman–Crippen MR) is 55.9 cm³/mol. The van der Waals surface area contributed by atoms with Crippen molar-refractivity contribution in [2.75, 3.05) is 13.1 Å². The fraction of sp³-hybridized carbons (Fsp3) is 0.778. The highest BCUT2D eigenvalue weighted by atomic mass is 16.2. The first-order chi connectivity index (χ1) is 7.09. The van der Waals surface area contributed by atoms with Crippen LogP contribution in [0.4, 0.5) is 4.79 Å². The van der Waals surface area contributed by atoms with Crippen LogP contribution in [0.3, 0.4) is 0 Å². The molecule has 6 N–H and O–H groups in total. The zero-order valence-electron chi connectivity index (χ0n) is 8.66. The first-order valence-electron chi connectivity index (χ1n) is 5.16. The topological polar surface area (TPSA) is 110 Å². The molecule has 6 nitrogen and oxygen atoms in total. The normalized spacial score (nSPS) is 24.9. The maximum absolute atomic E-state index is 11.5. The molecule has 0 radical (unpaired) electrons. The van der Waals surface area contributed by atoms with E-state index in [9.17, 15) is 9.59 Å². The molecule has 0 aromatic carbocycles. The lowest BCUT2D eigenvalue weighted by molar-refractivity contribution is -0.124. The molecular formula is C9H18N4O2. The summed E-state index contributed by atoms with van der Waals surface area (Å²) in [5.41, 5.74) is 10.6. The summed E-state index contributed by atoms with van der Waals surface area (Å²) >= 11 is 0. The molecule has 1 fully saturated rings. The van der Waals surface area contributed by atoms with Gasteiger partial charge in [0.1, 0.15) is 0 Å². The van der Waals surface area contributed by atoms with Gasteiger partial charge in [0.15, 0.2) is 0 Å². The van der Waals surface area contributed by atoms with Crippen molar-refractivity contribution >= 4 is 11.9 Å². The summed E-state index contributed by atoms with van der Waals surface area (Å²) in [5, 5.41) is 5.14. The minimum atomic E-state index is -0.577. The van der Waals surface area contributed by atoms with Crippen molar-refractivity contribution in [3.05, 3.63) is 0 Å². The standard InChI is InChI=1S/C9H18N4O2/c10-7-2-1-6(5-7)8(14)12-3-4-13-9(11)15/h6-7H,1-5,10H2,(H,12,14)(H3,11,13,15). The van der Waals surface area contributed by atoms with Crippen LogP contribution in [0.2, 0.25) is 0 Å². The second kappa shape index (κ2) is 5.55. The first-order valence-corrected chi connectivity index (χ1v) is 5.16. The van der Waals surface area contributed by atoms with E-state index >= 15 is 0 Å². The van der Waals surface area contributed by atoms with Gasteiger partial charge < -0.3 is 22.1 Å². The van der Waals surface area contributed by atoms with E-state index in [4.69, 9.17) is 11.5 Å². The summed E-state index contributed by atoms with van der Waals surface area (Å²) in [6, 6.07) is -0.420. The van der Waals surface area contributed by atoms with Crippen LogP contribution in [-0.2, 0) is 4.79 Å². The Hall–Kier alpha value is -1.30. The number of nitrogens with two attached hydrogens (primary N) is 2. The van der Waals surface area contributed by atoms with Crippen molar-refractivity contribution in [2.45, 2.75) is 25.3 Å². The van der Waals surface area contributed by atoms with Gasteiger partial charge in [-0.25, -0.2) is 4.79 Å². The van der Waals surface area contributed by atoms with Crippen molar-refractivity contribution in [1.29, 1.82) is 0 Å². The zero-order chi connectivity index (χ0) is 11.3. The predicted octanol–water partition coefficient (Wildman–Crippen LogP) is -1.10. The van der Waals surface area contributed by atoms with E-state index in [0.717, 1.165) is 19.3 Å². The Morgan fingerprint density at radius 1 is 1.20 bits per heavy atom. The Morgan fingerprint density at radius 3 is 2.40 bits per heavy atom. The van der Waals surface area contributed by atoms with Crippen LogP contribution in [0.5, 0.6) is 0 Å². The van der Waals surface area contributed by atoms with Crippen LogP contribution in [0.15, 0.2) is 0 Å². The highest BCUT2D eigenvalue weighted by molar-refractivity contribution is 5.79. The molecular weight excluding hydrogens is 196 g/mol. The highest BCUT2D eigenvalue weighted by Crippen LogP contribution is 2.23. The molecule has 0 saturated heterocycles. The van der Waals surface area contributed by atoms with E-state index in [2.05, 4.69) is 10.6 Å². The van der Waals surface area contributed by atoms with E-state index in [1.807, 2.05) is 0 Å². The first kappa shape index (κ1) is 11.8. The average molecular weight is 214 g/mol. The van der Waals surface area contributed by atoms with Crippen LogP contribution in [0.1, 0.15) is 19.3 Å². The number of hydrogen-bond donors (Lipinski definition) is 4. The van der Waals surface area contributed by atoms with Gasteiger partial charge in [0, 0.05) is 25.0 Å². The van der Waals surface area contributed by atoms with Crippen LogP contribution < -0.4 is 22.1 Å². The van der Waals surface area contributed by atoms with E-state index < -0.39 is 6.03 Å². The van der Waals surface area contributed by atoms with Gasteiger partial charge in [-0.05, 0) is 19.3 Å². The summed E-state index contributed by atoms with van der Waals surface area (Å²) in [6.45, 7) is 0.771. The smallest absolute Gasteiger partial charge is 0.312 e. The third-order valence-corrected chi connectivity index (χ3v) is 2.57. The van der Waals surface area contributed by atoms with Crippen molar-refractivity contribution in [2.24, 2.45) is 17.4 Å². The van der Waals surface area contributed by atoms with Crippen molar-refractivity contribution in [3.63, 3.8) is 0 Å². The fourth-order valence-electron chi connectivity index (χ4n) is 1.77. The molecule has 86 valence electrons. The second-order valence-corrected chi connectivity index (χ2v) is 3.85. The number of carbonyl (C=O) groups excluding carboxylic acids is 2. The molecule has 6 heteroatoms. The monoisotopic (exact) mass is 214 g/mol. The van der Waals surface area contributed by atoms with Crippen LogP contribution >= 0.6 is 0 Å². The SMILES string of the molecule is NC(=O)NCCNC(=O)C1CCC(N)C1. The quantitative estimate of drug-likeness (QED) is 0.446. The lowest BCUT2D eigenvalue weighted by Gasteiger charge is -2.10.